The first-order chi connectivity index (χ1) is 15.6. The number of nitrogens with zero attached hydrogens (tertiary/aromatic N) is 1. The number of carbonyl (C=O) groups excluding carboxylic acids is 1. The van der Waals surface area contributed by atoms with Gasteiger partial charge in [-0.05, 0) is 74.4 Å². The highest BCUT2D eigenvalue weighted by Gasteiger charge is 2.23. The minimum absolute atomic E-state index is 0.0325. The van der Waals surface area contributed by atoms with E-state index in [1.807, 2.05) is 39.0 Å². The van der Waals surface area contributed by atoms with Crippen molar-refractivity contribution in [3.8, 4) is 5.75 Å². The van der Waals surface area contributed by atoms with E-state index in [-0.39, 0.29) is 17.3 Å². The Morgan fingerprint density at radius 1 is 1.03 bits per heavy atom. The lowest BCUT2D eigenvalue weighted by Gasteiger charge is -2.20. The van der Waals surface area contributed by atoms with Crippen LogP contribution in [-0.4, -0.2) is 32.3 Å². The van der Waals surface area contributed by atoms with E-state index in [2.05, 4.69) is 5.32 Å². The van der Waals surface area contributed by atoms with E-state index in [1.54, 1.807) is 18.2 Å². The monoisotopic (exact) mass is 486 g/mol. The zero-order valence-corrected chi connectivity index (χ0v) is 20.6. The quantitative estimate of drug-likeness (QED) is 0.460. The van der Waals surface area contributed by atoms with Gasteiger partial charge in [-0.2, -0.15) is 4.31 Å². The highest BCUT2D eigenvalue weighted by molar-refractivity contribution is 7.89. The van der Waals surface area contributed by atoms with Gasteiger partial charge >= 0.3 is 0 Å². The second-order valence-corrected chi connectivity index (χ2v) is 10.2. The third kappa shape index (κ3) is 5.74. The van der Waals surface area contributed by atoms with Crippen molar-refractivity contribution in [1.29, 1.82) is 0 Å². The Kier molecular flexibility index (Phi) is 7.79. The number of anilines is 1. The van der Waals surface area contributed by atoms with Crippen LogP contribution in [0.4, 0.5) is 5.69 Å². The smallest absolute Gasteiger partial charge is 0.255 e. The predicted molar refractivity (Wildman–Crippen MR) is 132 cm³/mol. The van der Waals surface area contributed by atoms with Crippen molar-refractivity contribution in [3.63, 3.8) is 0 Å². The zero-order chi connectivity index (χ0) is 24.2. The Morgan fingerprint density at radius 3 is 2.27 bits per heavy atom. The van der Waals surface area contributed by atoms with Crippen molar-refractivity contribution in [2.24, 2.45) is 0 Å². The van der Waals surface area contributed by atoms with E-state index < -0.39 is 10.0 Å². The number of carbonyl (C=O) groups is 1. The average Bonchev–Trinajstić information content (AvgIpc) is 2.77. The summed E-state index contributed by atoms with van der Waals surface area (Å²) < 4.78 is 32.9. The van der Waals surface area contributed by atoms with Crippen molar-refractivity contribution in [1.82, 2.24) is 4.31 Å². The molecule has 174 valence electrons. The molecule has 0 fully saturated rings. The van der Waals surface area contributed by atoms with Crippen LogP contribution in [0.25, 0.3) is 0 Å². The zero-order valence-electron chi connectivity index (χ0n) is 19.1. The van der Waals surface area contributed by atoms with Crippen molar-refractivity contribution in [2.75, 3.05) is 19.0 Å². The highest BCUT2D eigenvalue weighted by atomic mass is 35.5. The molecule has 0 aliphatic rings. The van der Waals surface area contributed by atoms with Crippen LogP contribution in [0, 0.1) is 13.8 Å². The SMILES string of the molecule is CCOc1ccc(C(=O)Nc2c(C)cccc2C)cc1CN(C)S(=O)(=O)c1ccc(Cl)cc1. The van der Waals surface area contributed by atoms with Gasteiger partial charge in [0.2, 0.25) is 10.0 Å². The number of halogens is 1. The Labute approximate surface area is 200 Å². The summed E-state index contributed by atoms with van der Waals surface area (Å²) in [6, 6.07) is 16.8. The van der Waals surface area contributed by atoms with E-state index >= 15 is 0 Å². The van der Waals surface area contributed by atoms with Gasteiger partial charge in [0.1, 0.15) is 5.75 Å². The Hall–Kier alpha value is -2.87. The second-order valence-electron chi connectivity index (χ2n) is 7.69. The molecule has 0 spiro atoms. The van der Waals surface area contributed by atoms with Gasteiger partial charge in [-0.15, -0.1) is 0 Å². The number of ether oxygens (including phenoxy) is 1. The van der Waals surface area contributed by atoms with E-state index in [4.69, 9.17) is 16.3 Å². The van der Waals surface area contributed by atoms with Crippen LogP contribution in [0.1, 0.15) is 34.0 Å². The number of aryl methyl sites for hydroxylation is 2. The maximum Gasteiger partial charge on any atom is 0.255 e. The van der Waals surface area contributed by atoms with Crippen LogP contribution in [0.5, 0.6) is 5.75 Å². The van der Waals surface area contributed by atoms with Crippen LogP contribution in [0.3, 0.4) is 0 Å². The van der Waals surface area contributed by atoms with Gasteiger partial charge in [-0.1, -0.05) is 29.8 Å². The molecule has 0 saturated carbocycles. The lowest BCUT2D eigenvalue weighted by atomic mass is 10.1. The van der Waals surface area contributed by atoms with Gasteiger partial charge in [-0.3, -0.25) is 4.79 Å². The number of hydrogen-bond donors (Lipinski definition) is 1. The van der Waals surface area contributed by atoms with Gasteiger partial charge in [0.15, 0.2) is 0 Å². The number of para-hydroxylation sites is 1. The summed E-state index contributed by atoms with van der Waals surface area (Å²) in [6.07, 6.45) is 0. The predicted octanol–water partition coefficient (Wildman–Crippen LogP) is 5.43. The lowest BCUT2D eigenvalue weighted by molar-refractivity contribution is 0.102. The molecule has 0 atom stereocenters. The third-order valence-electron chi connectivity index (χ3n) is 5.26. The van der Waals surface area contributed by atoms with Crippen molar-refractivity contribution >= 4 is 33.2 Å². The average molecular weight is 487 g/mol. The fraction of sp³-hybridized carbons (Fsp3) is 0.240. The molecule has 0 radical (unpaired) electrons. The molecule has 0 bridgehead atoms. The molecule has 3 aromatic carbocycles. The summed E-state index contributed by atoms with van der Waals surface area (Å²) in [7, 11) is -2.27. The maximum absolute atomic E-state index is 13.0. The summed E-state index contributed by atoms with van der Waals surface area (Å²) in [5.74, 6) is 0.249. The maximum atomic E-state index is 13.0. The highest BCUT2D eigenvalue weighted by Crippen LogP contribution is 2.26. The summed E-state index contributed by atoms with van der Waals surface area (Å²) >= 11 is 5.89. The molecule has 8 heteroatoms. The van der Waals surface area contributed by atoms with Crippen molar-refractivity contribution in [3.05, 3.63) is 87.9 Å². The number of hydrogen-bond acceptors (Lipinski definition) is 4. The van der Waals surface area contributed by atoms with E-state index in [1.165, 1.54) is 35.6 Å². The first kappa shape index (κ1) is 24.8. The van der Waals surface area contributed by atoms with Crippen LogP contribution in [-0.2, 0) is 16.6 Å². The Morgan fingerprint density at radius 2 is 1.67 bits per heavy atom. The number of benzene rings is 3. The van der Waals surface area contributed by atoms with Crippen molar-refractivity contribution in [2.45, 2.75) is 32.2 Å². The molecular weight excluding hydrogens is 460 g/mol. The van der Waals surface area contributed by atoms with Crippen LogP contribution in [0.2, 0.25) is 5.02 Å². The second kappa shape index (κ2) is 10.4. The fourth-order valence-electron chi connectivity index (χ4n) is 3.45. The summed E-state index contributed by atoms with van der Waals surface area (Å²) in [5.41, 5.74) is 3.69. The molecule has 6 nitrogen and oxygen atoms in total. The van der Waals surface area contributed by atoms with E-state index in [9.17, 15) is 13.2 Å². The summed E-state index contributed by atoms with van der Waals surface area (Å²) in [5, 5.41) is 3.42. The standard InChI is InChI=1S/C25H27ClN2O4S/c1-5-32-23-14-9-19(25(29)27-24-17(2)7-6-8-18(24)3)15-20(23)16-28(4)33(30,31)22-12-10-21(26)11-13-22/h6-15H,5,16H2,1-4H3,(H,27,29). The molecule has 0 saturated heterocycles. The molecule has 0 aliphatic heterocycles. The molecule has 0 heterocycles. The Bertz CT molecular complexity index is 1240. The first-order valence-corrected chi connectivity index (χ1v) is 12.3. The number of nitrogens with one attached hydrogen (secondary N) is 1. The van der Waals surface area contributed by atoms with Gasteiger partial charge < -0.3 is 10.1 Å². The van der Waals surface area contributed by atoms with Crippen LogP contribution < -0.4 is 10.1 Å². The molecule has 3 aromatic rings. The van der Waals surface area contributed by atoms with Crippen molar-refractivity contribution < 1.29 is 17.9 Å². The normalized spacial score (nSPS) is 11.5. The molecule has 1 N–H and O–H groups in total. The Balaban J connectivity index is 1.90. The fourth-order valence-corrected chi connectivity index (χ4v) is 4.72. The number of sulfonamides is 1. The van der Waals surface area contributed by atoms with E-state index in [0.717, 1.165) is 16.8 Å². The minimum atomic E-state index is -3.76. The first-order valence-electron chi connectivity index (χ1n) is 10.5. The van der Waals surface area contributed by atoms with Gasteiger partial charge in [0.25, 0.3) is 5.91 Å². The number of rotatable bonds is 8. The molecule has 0 aliphatic carbocycles. The van der Waals surface area contributed by atoms with Crippen LogP contribution in [0.15, 0.2) is 65.6 Å². The van der Waals surface area contributed by atoms with Gasteiger partial charge in [0.05, 0.1) is 11.5 Å². The largest absolute Gasteiger partial charge is 0.494 e. The molecular formula is C25H27ClN2O4S. The lowest BCUT2D eigenvalue weighted by Crippen LogP contribution is -2.27. The minimum Gasteiger partial charge on any atom is -0.494 e. The molecule has 3 rings (SSSR count). The molecule has 0 unspecified atom stereocenters. The summed E-state index contributed by atoms with van der Waals surface area (Å²) in [6.45, 7) is 6.16. The molecule has 33 heavy (non-hydrogen) atoms. The number of amides is 1. The van der Waals surface area contributed by atoms with Crippen LogP contribution >= 0.6 is 11.6 Å². The molecule has 0 aromatic heterocycles. The third-order valence-corrected chi connectivity index (χ3v) is 7.33. The summed E-state index contributed by atoms with van der Waals surface area (Å²) in [4.78, 5) is 13.1. The van der Waals surface area contributed by atoms with E-state index in [0.29, 0.717) is 28.5 Å². The topological polar surface area (TPSA) is 75.7 Å². The molecule has 1 amide bonds. The van der Waals surface area contributed by atoms with Gasteiger partial charge in [0, 0.05) is 35.4 Å². The van der Waals surface area contributed by atoms with Gasteiger partial charge in [-0.25, -0.2) is 8.42 Å².